The van der Waals surface area contributed by atoms with E-state index in [1.165, 1.54) is 0 Å². The molecular formula is C9H7ClN2S. The van der Waals surface area contributed by atoms with Crippen LogP contribution in [0.3, 0.4) is 0 Å². The second-order valence-electron chi connectivity index (χ2n) is 2.56. The van der Waals surface area contributed by atoms with Crippen LogP contribution in [0.15, 0.2) is 29.8 Å². The van der Waals surface area contributed by atoms with Gasteiger partial charge in [0.15, 0.2) is 0 Å². The highest BCUT2D eigenvalue weighted by Gasteiger charge is 2.01. The van der Waals surface area contributed by atoms with E-state index in [4.69, 9.17) is 11.6 Å². The smallest absolute Gasteiger partial charge is 0.140 e. The summed E-state index contributed by atoms with van der Waals surface area (Å²) in [5.41, 5.74) is 1.02. The number of aromatic nitrogens is 2. The van der Waals surface area contributed by atoms with Gasteiger partial charge in [0.25, 0.3) is 0 Å². The lowest BCUT2D eigenvalue weighted by Crippen LogP contribution is -1.89. The number of nitrogens with zero attached hydrogens (tertiary/aromatic N) is 2. The van der Waals surface area contributed by atoms with Crippen molar-refractivity contribution in [2.45, 2.75) is 6.42 Å². The van der Waals surface area contributed by atoms with Gasteiger partial charge in [-0.1, -0.05) is 17.7 Å². The fraction of sp³-hybridized carbons (Fsp3) is 0.111. The van der Waals surface area contributed by atoms with E-state index in [0.29, 0.717) is 5.15 Å². The third kappa shape index (κ3) is 2.26. The van der Waals surface area contributed by atoms with Crippen LogP contribution in [0.4, 0.5) is 0 Å². The van der Waals surface area contributed by atoms with Crippen molar-refractivity contribution in [3.8, 4) is 0 Å². The normalized spacial score (nSPS) is 10.2. The molecule has 4 heteroatoms. The number of halogens is 1. The summed E-state index contributed by atoms with van der Waals surface area (Å²) >= 11 is 7.27. The van der Waals surface area contributed by atoms with Gasteiger partial charge in [0.1, 0.15) is 10.2 Å². The Hall–Kier alpha value is -0.930. The highest BCUT2D eigenvalue weighted by atomic mass is 35.5. The molecule has 0 atom stereocenters. The van der Waals surface area contributed by atoms with E-state index in [0.717, 1.165) is 17.1 Å². The minimum Gasteiger partial charge on any atom is -0.261 e. The molecule has 0 saturated heterocycles. The molecule has 13 heavy (non-hydrogen) atoms. The SMILES string of the molecule is Clc1csc(Cc2ccccn2)n1. The topological polar surface area (TPSA) is 25.8 Å². The Kier molecular flexibility index (Phi) is 2.57. The number of hydrogen-bond donors (Lipinski definition) is 0. The van der Waals surface area contributed by atoms with Crippen LogP contribution in [-0.2, 0) is 6.42 Å². The van der Waals surface area contributed by atoms with Crippen LogP contribution in [0.5, 0.6) is 0 Å². The van der Waals surface area contributed by atoms with Gasteiger partial charge in [0, 0.05) is 23.7 Å². The van der Waals surface area contributed by atoms with Crippen molar-refractivity contribution in [3.05, 3.63) is 45.6 Å². The third-order valence-corrected chi connectivity index (χ3v) is 2.75. The van der Waals surface area contributed by atoms with Gasteiger partial charge in [-0.2, -0.15) is 0 Å². The quantitative estimate of drug-likeness (QED) is 0.762. The summed E-state index contributed by atoms with van der Waals surface area (Å²) in [7, 11) is 0. The second kappa shape index (κ2) is 3.85. The van der Waals surface area contributed by atoms with Crippen LogP contribution in [0.25, 0.3) is 0 Å². The predicted molar refractivity (Wildman–Crippen MR) is 54.2 cm³/mol. The molecule has 2 heterocycles. The molecule has 0 aliphatic carbocycles. The van der Waals surface area contributed by atoms with Crippen molar-refractivity contribution in [2.75, 3.05) is 0 Å². The minimum atomic E-state index is 0.566. The number of rotatable bonds is 2. The van der Waals surface area contributed by atoms with E-state index in [2.05, 4.69) is 9.97 Å². The molecule has 2 aromatic rings. The lowest BCUT2D eigenvalue weighted by Gasteiger charge is -1.94. The Labute approximate surface area is 85.2 Å². The first kappa shape index (κ1) is 8.66. The van der Waals surface area contributed by atoms with Crippen LogP contribution >= 0.6 is 22.9 Å². The van der Waals surface area contributed by atoms with Crippen LogP contribution in [0.2, 0.25) is 5.15 Å². The van der Waals surface area contributed by atoms with Gasteiger partial charge in [0.05, 0.1) is 0 Å². The molecule has 2 aromatic heterocycles. The first-order valence-electron chi connectivity index (χ1n) is 3.84. The summed E-state index contributed by atoms with van der Waals surface area (Å²) in [6.07, 6.45) is 2.54. The van der Waals surface area contributed by atoms with E-state index < -0.39 is 0 Å². The van der Waals surface area contributed by atoms with Gasteiger partial charge in [0.2, 0.25) is 0 Å². The molecule has 0 saturated carbocycles. The van der Waals surface area contributed by atoms with Crippen molar-refractivity contribution in [1.29, 1.82) is 0 Å². The summed E-state index contributed by atoms with van der Waals surface area (Å²) in [6, 6.07) is 5.85. The molecule has 0 bridgehead atoms. The largest absolute Gasteiger partial charge is 0.261 e. The van der Waals surface area contributed by atoms with Gasteiger partial charge in [-0.15, -0.1) is 11.3 Å². The average Bonchev–Trinajstić information content (AvgIpc) is 2.53. The van der Waals surface area contributed by atoms with Gasteiger partial charge in [-0.3, -0.25) is 4.98 Å². The zero-order chi connectivity index (χ0) is 9.10. The number of thiazole rings is 1. The van der Waals surface area contributed by atoms with Gasteiger partial charge >= 0.3 is 0 Å². The monoisotopic (exact) mass is 210 g/mol. The standard InChI is InChI=1S/C9H7ClN2S/c10-8-6-13-9(12-8)5-7-3-1-2-4-11-7/h1-4,6H,5H2. The van der Waals surface area contributed by atoms with E-state index in [-0.39, 0.29) is 0 Å². The summed E-state index contributed by atoms with van der Waals surface area (Å²) < 4.78 is 0. The first-order chi connectivity index (χ1) is 6.34. The number of pyridine rings is 1. The molecular weight excluding hydrogens is 204 g/mol. The van der Waals surface area contributed by atoms with Crippen molar-refractivity contribution in [3.63, 3.8) is 0 Å². The molecule has 0 N–H and O–H groups in total. The summed E-state index contributed by atoms with van der Waals surface area (Å²) in [4.78, 5) is 8.36. The van der Waals surface area contributed by atoms with Crippen molar-refractivity contribution < 1.29 is 0 Å². The lowest BCUT2D eigenvalue weighted by molar-refractivity contribution is 1.05. The van der Waals surface area contributed by atoms with Crippen LogP contribution < -0.4 is 0 Å². The third-order valence-electron chi connectivity index (χ3n) is 1.58. The van der Waals surface area contributed by atoms with Crippen LogP contribution in [0, 0.1) is 0 Å². The molecule has 2 nitrogen and oxygen atoms in total. The van der Waals surface area contributed by atoms with E-state index in [9.17, 15) is 0 Å². The summed E-state index contributed by atoms with van der Waals surface area (Å²) in [6.45, 7) is 0. The minimum absolute atomic E-state index is 0.566. The zero-order valence-electron chi connectivity index (χ0n) is 6.77. The average molecular weight is 211 g/mol. The summed E-state index contributed by atoms with van der Waals surface area (Å²) in [5, 5.41) is 3.40. The van der Waals surface area contributed by atoms with E-state index >= 15 is 0 Å². The molecule has 0 aliphatic rings. The van der Waals surface area contributed by atoms with Gasteiger partial charge < -0.3 is 0 Å². The zero-order valence-corrected chi connectivity index (χ0v) is 8.35. The van der Waals surface area contributed by atoms with E-state index in [1.54, 1.807) is 17.5 Å². The Morgan fingerprint density at radius 1 is 1.38 bits per heavy atom. The molecule has 0 spiro atoms. The first-order valence-corrected chi connectivity index (χ1v) is 5.10. The van der Waals surface area contributed by atoms with Crippen LogP contribution in [0.1, 0.15) is 10.7 Å². The van der Waals surface area contributed by atoms with Crippen molar-refractivity contribution >= 4 is 22.9 Å². The molecule has 0 radical (unpaired) electrons. The maximum absolute atomic E-state index is 5.71. The second-order valence-corrected chi connectivity index (χ2v) is 3.89. The fourth-order valence-electron chi connectivity index (χ4n) is 1.03. The van der Waals surface area contributed by atoms with Gasteiger partial charge in [-0.05, 0) is 12.1 Å². The van der Waals surface area contributed by atoms with E-state index in [1.807, 2.05) is 23.6 Å². The lowest BCUT2D eigenvalue weighted by atomic mass is 10.3. The highest BCUT2D eigenvalue weighted by Crippen LogP contribution is 2.16. The molecule has 0 amide bonds. The molecule has 0 fully saturated rings. The molecule has 0 unspecified atom stereocenters. The molecule has 66 valence electrons. The predicted octanol–water partition coefficient (Wildman–Crippen LogP) is 2.78. The molecule has 2 rings (SSSR count). The maximum Gasteiger partial charge on any atom is 0.140 e. The van der Waals surface area contributed by atoms with Gasteiger partial charge in [-0.25, -0.2) is 4.98 Å². The Balaban J connectivity index is 2.15. The number of hydrogen-bond acceptors (Lipinski definition) is 3. The Morgan fingerprint density at radius 2 is 2.31 bits per heavy atom. The summed E-state index contributed by atoms with van der Waals surface area (Å²) in [5.74, 6) is 0. The maximum atomic E-state index is 5.71. The molecule has 0 aromatic carbocycles. The Morgan fingerprint density at radius 3 is 2.92 bits per heavy atom. The van der Waals surface area contributed by atoms with Crippen molar-refractivity contribution in [2.24, 2.45) is 0 Å². The van der Waals surface area contributed by atoms with Crippen molar-refractivity contribution in [1.82, 2.24) is 9.97 Å². The fourth-order valence-corrected chi connectivity index (χ4v) is 1.98. The molecule has 0 aliphatic heterocycles. The van der Waals surface area contributed by atoms with Crippen LogP contribution in [-0.4, -0.2) is 9.97 Å². The Bertz CT molecular complexity index is 386. The highest BCUT2D eigenvalue weighted by molar-refractivity contribution is 7.10.